The van der Waals surface area contributed by atoms with E-state index in [4.69, 9.17) is 4.74 Å². The number of fused-ring (bicyclic) bond motifs is 1. The molecule has 2 aliphatic carbocycles. The predicted molar refractivity (Wildman–Crippen MR) is 96.5 cm³/mol. The zero-order chi connectivity index (χ0) is 17.4. The lowest BCUT2D eigenvalue weighted by molar-refractivity contribution is 0.0726. The summed E-state index contributed by atoms with van der Waals surface area (Å²) in [5.41, 5.74) is 1.78. The summed E-state index contributed by atoms with van der Waals surface area (Å²) in [6.07, 6.45) is 4.88. The summed E-state index contributed by atoms with van der Waals surface area (Å²) >= 11 is 0. The molecule has 0 N–H and O–H groups in total. The summed E-state index contributed by atoms with van der Waals surface area (Å²) in [5.74, 6) is 2.46. The van der Waals surface area contributed by atoms with Gasteiger partial charge in [0.15, 0.2) is 0 Å². The first-order chi connectivity index (χ1) is 11.4. The Balaban J connectivity index is 1.66. The second-order valence-corrected chi connectivity index (χ2v) is 7.83. The molecule has 0 bridgehead atoms. The molecule has 4 atom stereocenters. The van der Waals surface area contributed by atoms with Gasteiger partial charge in [0.25, 0.3) is 5.91 Å². The minimum Gasteiger partial charge on any atom is -0.496 e. The van der Waals surface area contributed by atoms with Gasteiger partial charge < -0.3 is 14.5 Å². The standard InChI is InChI=1S/C20H30N2O2/c1-13-6-7-14(12-19(13)24-5)20(23)22(4)18-10-15-8-17(21(2)3)9-16(15)11-18/h6-7,12,15-18H,8-11H2,1-5H3/t15-,16+,17?,18?. The zero-order valence-corrected chi connectivity index (χ0v) is 15.6. The van der Waals surface area contributed by atoms with Crippen molar-refractivity contribution in [2.24, 2.45) is 11.8 Å². The Hall–Kier alpha value is -1.55. The van der Waals surface area contributed by atoms with E-state index in [-0.39, 0.29) is 5.91 Å². The number of hydrogen-bond acceptors (Lipinski definition) is 3. The third-order valence-electron chi connectivity index (χ3n) is 6.22. The van der Waals surface area contributed by atoms with E-state index in [1.807, 2.05) is 37.1 Å². The van der Waals surface area contributed by atoms with Gasteiger partial charge in [0, 0.05) is 24.7 Å². The highest BCUT2D eigenvalue weighted by Crippen LogP contribution is 2.46. The largest absolute Gasteiger partial charge is 0.496 e. The molecule has 2 aliphatic rings. The molecule has 0 aromatic heterocycles. The lowest BCUT2D eigenvalue weighted by Gasteiger charge is -2.27. The summed E-state index contributed by atoms with van der Waals surface area (Å²) in [4.78, 5) is 17.2. The number of ether oxygens (including phenoxy) is 1. The number of carbonyl (C=O) groups is 1. The molecule has 2 saturated carbocycles. The molecule has 1 amide bonds. The molecule has 0 spiro atoms. The van der Waals surface area contributed by atoms with E-state index in [9.17, 15) is 4.79 Å². The van der Waals surface area contributed by atoms with Gasteiger partial charge >= 0.3 is 0 Å². The van der Waals surface area contributed by atoms with E-state index in [1.165, 1.54) is 12.8 Å². The number of methoxy groups -OCH3 is 1. The first-order valence-corrected chi connectivity index (χ1v) is 8.99. The molecule has 1 aromatic rings. The Morgan fingerprint density at radius 3 is 2.17 bits per heavy atom. The molecule has 1 aromatic carbocycles. The molecular formula is C20H30N2O2. The SMILES string of the molecule is COc1cc(C(=O)N(C)C2C[C@H]3CC(N(C)C)C[C@H]3C2)ccc1C. The maximum absolute atomic E-state index is 12.9. The summed E-state index contributed by atoms with van der Waals surface area (Å²) in [6.45, 7) is 2.00. The van der Waals surface area contributed by atoms with E-state index in [1.54, 1.807) is 7.11 Å². The fourth-order valence-corrected chi connectivity index (χ4v) is 4.61. The number of nitrogens with zero attached hydrogens (tertiary/aromatic N) is 2. The molecule has 0 heterocycles. The molecule has 24 heavy (non-hydrogen) atoms. The van der Waals surface area contributed by atoms with Crippen molar-refractivity contribution in [1.82, 2.24) is 9.80 Å². The van der Waals surface area contributed by atoms with Gasteiger partial charge in [0.05, 0.1) is 7.11 Å². The average molecular weight is 330 g/mol. The van der Waals surface area contributed by atoms with Crippen LogP contribution >= 0.6 is 0 Å². The Morgan fingerprint density at radius 1 is 1.04 bits per heavy atom. The van der Waals surface area contributed by atoms with Crippen LogP contribution in [0.25, 0.3) is 0 Å². The van der Waals surface area contributed by atoms with Crippen LogP contribution in [0.1, 0.15) is 41.6 Å². The number of hydrogen-bond donors (Lipinski definition) is 0. The summed E-state index contributed by atoms with van der Waals surface area (Å²) in [5, 5.41) is 0. The van der Waals surface area contributed by atoms with Crippen LogP contribution in [0.15, 0.2) is 18.2 Å². The van der Waals surface area contributed by atoms with E-state index < -0.39 is 0 Å². The van der Waals surface area contributed by atoms with Crippen molar-refractivity contribution in [3.8, 4) is 5.75 Å². The van der Waals surface area contributed by atoms with Gasteiger partial charge in [-0.25, -0.2) is 0 Å². The Bertz CT molecular complexity index is 600. The van der Waals surface area contributed by atoms with Gasteiger partial charge in [-0.1, -0.05) is 6.07 Å². The van der Waals surface area contributed by atoms with Crippen LogP contribution < -0.4 is 4.74 Å². The maximum atomic E-state index is 12.9. The number of amides is 1. The maximum Gasteiger partial charge on any atom is 0.253 e. The molecule has 4 nitrogen and oxygen atoms in total. The molecular weight excluding hydrogens is 300 g/mol. The van der Waals surface area contributed by atoms with Crippen molar-refractivity contribution >= 4 is 5.91 Å². The topological polar surface area (TPSA) is 32.8 Å². The number of rotatable bonds is 4. The number of benzene rings is 1. The third-order valence-corrected chi connectivity index (χ3v) is 6.22. The van der Waals surface area contributed by atoms with Crippen molar-refractivity contribution in [3.63, 3.8) is 0 Å². The molecule has 3 rings (SSSR count). The number of carbonyl (C=O) groups excluding carboxylic acids is 1. The van der Waals surface area contributed by atoms with Crippen LogP contribution in [0.4, 0.5) is 0 Å². The highest BCUT2D eigenvalue weighted by atomic mass is 16.5. The van der Waals surface area contributed by atoms with Crippen LogP contribution in [0.5, 0.6) is 5.75 Å². The first kappa shape index (κ1) is 17.3. The van der Waals surface area contributed by atoms with Gasteiger partial charge in [-0.3, -0.25) is 4.79 Å². The quantitative estimate of drug-likeness (QED) is 0.850. The third kappa shape index (κ3) is 3.16. The van der Waals surface area contributed by atoms with Crippen LogP contribution in [0, 0.1) is 18.8 Å². The van der Waals surface area contributed by atoms with Crippen molar-refractivity contribution in [2.75, 3.05) is 28.3 Å². The molecule has 2 unspecified atom stereocenters. The molecule has 2 fully saturated rings. The summed E-state index contributed by atoms with van der Waals surface area (Å²) < 4.78 is 5.36. The van der Waals surface area contributed by atoms with Crippen molar-refractivity contribution in [2.45, 2.75) is 44.7 Å². The van der Waals surface area contributed by atoms with Gasteiger partial charge in [0.2, 0.25) is 0 Å². The van der Waals surface area contributed by atoms with Crippen molar-refractivity contribution in [3.05, 3.63) is 29.3 Å². The molecule has 0 aliphatic heterocycles. The lowest BCUT2D eigenvalue weighted by Crippen LogP contribution is -2.36. The monoisotopic (exact) mass is 330 g/mol. The van der Waals surface area contributed by atoms with E-state index in [2.05, 4.69) is 19.0 Å². The summed E-state index contributed by atoms with van der Waals surface area (Å²) in [7, 11) is 7.98. The molecule has 132 valence electrons. The number of aryl methyl sites for hydroxylation is 1. The zero-order valence-electron chi connectivity index (χ0n) is 15.6. The predicted octanol–water partition coefficient (Wildman–Crippen LogP) is 3.19. The first-order valence-electron chi connectivity index (χ1n) is 8.99. The van der Waals surface area contributed by atoms with Crippen molar-refractivity contribution in [1.29, 1.82) is 0 Å². The normalized spacial score (nSPS) is 28.9. The van der Waals surface area contributed by atoms with Crippen LogP contribution in [-0.4, -0.2) is 56.0 Å². The van der Waals surface area contributed by atoms with Gasteiger partial charge in [-0.2, -0.15) is 0 Å². The fourth-order valence-electron chi connectivity index (χ4n) is 4.61. The minimum atomic E-state index is 0.113. The van der Waals surface area contributed by atoms with E-state index in [0.29, 0.717) is 6.04 Å². The lowest BCUT2D eigenvalue weighted by atomic mass is 10.0. The fraction of sp³-hybridized carbons (Fsp3) is 0.650. The summed E-state index contributed by atoms with van der Waals surface area (Å²) in [6, 6.07) is 6.84. The Kier molecular flexibility index (Phi) is 4.86. The second kappa shape index (κ2) is 6.75. The molecule has 0 radical (unpaired) electrons. The Morgan fingerprint density at radius 2 is 1.62 bits per heavy atom. The van der Waals surface area contributed by atoms with Gasteiger partial charge in [-0.05, 0) is 76.2 Å². The highest BCUT2D eigenvalue weighted by molar-refractivity contribution is 5.94. The minimum absolute atomic E-state index is 0.113. The molecule has 0 saturated heterocycles. The molecule has 4 heteroatoms. The van der Waals surface area contributed by atoms with E-state index >= 15 is 0 Å². The van der Waals surface area contributed by atoms with Crippen LogP contribution in [0.3, 0.4) is 0 Å². The van der Waals surface area contributed by atoms with Gasteiger partial charge in [-0.15, -0.1) is 0 Å². The van der Waals surface area contributed by atoms with Gasteiger partial charge in [0.1, 0.15) is 5.75 Å². The van der Waals surface area contributed by atoms with Crippen LogP contribution in [-0.2, 0) is 0 Å². The highest BCUT2D eigenvalue weighted by Gasteiger charge is 2.44. The Labute approximate surface area is 145 Å². The smallest absolute Gasteiger partial charge is 0.253 e. The van der Waals surface area contributed by atoms with Crippen LogP contribution in [0.2, 0.25) is 0 Å². The van der Waals surface area contributed by atoms with E-state index in [0.717, 1.165) is 47.6 Å². The second-order valence-electron chi connectivity index (χ2n) is 7.83. The average Bonchev–Trinajstić information content (AvgIpc) is 3.12. The van der Waals surface area contributed by atoms with Crippen molar-refractivity contribution < 1.29 is 9.53 Å².